The Labute approximate surface area is 189 Å². The Morgan fingerprint density at radius 2 is 1.81 bits per heavy atom. The molecule has 1 aliphatic rings. The molecule has 8 nitrogen and oxygen atoms in total. The van der Waals surface area contributed by atoms with Gasteiger partial charge in [-0.05, 0) is 23.8 Å². The molecule has 166 valence electrons. The molecule has 2 aromatic carbocycles. The Bertz CT molecular complexity index is 1240. The predicted molar refractivity (Wildman–Crippen MR) is 123 cm³/mol. The van der Waals surface area contributed by atoms with E-state index >= 15 is 0 Å². The quantitative estimate of drug-likeness (QED) is 0.638. The molecule has 1 saturated heterocycles. The molecule has 0 unspecified atom stereocenters. The summed E-state index contributed by atoms with van der Waals surface area (Å²) in [7, 11) is 1.62. The number of rotatable bonds is 5. The number of carbonyl (C=O) groups excluding carboxylic acids is 1. The van der Waals surface area contributed by atoms with E-state index in [1.165, 1.54) is 6.20 Å². The molecule has 32 heavy (non-hydrogen) atoms. The van der Waals surface area contributed by atoms with Gasteiger partial charge in [-0.15, -0.1) is 0 Å². The van der Waals surface area contributed by atoms with Crippen LogP contribution in [0, 0.1) is 0 Å². The van der Waals surface area contributed by atoms with Gasteiger partial charge in [0.1, 0.15) is 11.3 Å². The van der Waals surface area contributed by atoms with Gasteiger partial charge in [-0.2, -0.15) is 0 Å². The number of carbonyl (C=O) groups is 1. The number of hydrogen-bond donors (Lipinski definition) is 1. The van der Waals surface area contributed by atoms with Gasteiger partial charge in [0.2, 0.25) is 0 Å². The van der Waals surface area contributed by atoms with Crippen LogP contribution in [0.4, 0.5) is 5.69 Å². The van der Waals surface area contributed by atoms with E-state index in [9.17, 15) is 14.4 Å². The van der Waals surface area contributed by atoms with Crippen molar-refractivity contribution < 1.29 is 9.53 Å². The molecule has 1 amide bonds. The number of aromatic amines is 1. The van der Waals surface area contributed by atoms with Gasteiger partial charge in [0, 0.05) is 49.2 Å². The van der Waals surface area contributed by atoms with E-state index in [2.05, 4.69) is 9.88 Å². The number of nitrogens with one attached hydrogen (secondary N) is 1. The Balaban J connectivity index is 1.51. The number of nitrogens with zero attached hydrogens (tertiary/aromatic N) is 3. The lowest BCUT2D eigenvalue weighted by Gasteiger charge is -2.36. The molecule has 0 atom stereocenters. The number of benzene rings is 2. The number of amides is 1. The topological polar surface area (TPSA) is 87.6 Å². The number of piperazine rings is 1. The highest BCUT2D eigenvalue weighted by molar-refractivity contribution is 6.31. The minimum Gasteiger partial charge on any atom is -0.497 e. The van der Waals surface area contributed by atoms with Crippen LogP contribution in [-0.2, 0) is 6.54 Å². The summed E-state index contributed by atoms with van der Waals surface area (Å²) in [6, 6.07) is 14.7. The van der Waals surface area contributed by atoms with Crippen LogP contribution in [0.5, 0.6) is 5.75 Å². The third-order valence-electron chi connectivity index (χ3n) is 5.56. The highest BCUT2D eigenvalue weighted by Gasteiger charge is 2.25. The maximum Gasteiger partial charge on any atom is 0.328 e. The van der Waals surface area contributed by atoms with Gasteiger partial charge < -0.3 is 19.5 Å². The molecule has 0 saturated carbocycles. The third kappa shape index (κ3) is 4.40. The lowest BCUT2D eigenvalue weighted by atomic mass is 10.2. The highest BCUT2D eigenvalue weighted by atomic mass is 35.5. The number of hydrogen-bond acceptors (Lipinski definition) is 5. The van der Waals surface area contributed by atoms with Crippen LogP contribution in [0.3, 0.4) is 0 Å². The third-order valence-corrected chi connectivity index (χ3v) is 5.93. The summed E-state index contributed by atoms with van der Waals surface area (Å²) >= 11 is 6.17. The standard InChI is InChI=1S/C23H23ClN4O4/c1-32-18-7-4-6-17(13-18)26-9-11-27(12-10-26)21(29)19-14-25-23(31)28(22(19)30)15-16-5-2-3-8-20(16)24/h2-8,13-14H,9-12,15H2,1H3,(H,25,31). The van der Waals surface area contributed by atoms with Gasteiger partial charge in [-0.3, -0.25) is 14.2 Å². The molecular formula is C23H23ClN4O4. The molecule has 0 bridgehead atoms. The van der Waals surface area contributed by atoms with E-state index < -0.39 is 17.2 Å². The Morgan fingerprint density at radius 3 is 2.53 bits per heavy atom. The van der Waals surface area contributed by atoms with Crippen molar-refractivity contribution in [1.82, 2.24) is 14.5 Å². The molecule has 1 N–H and O–H groups in total. The zero-order chi connectivity index (χ0) is 22.7. The molecule has 1 fully saturated rings. The van der Waals surface area contributed by atoms with Crippen LogP contribution in [0.25, 0.3) is 0 Å². The fourth-order valence-electron chi connectivity index (χ4n) is 3.75. The molecule has 1 aromatic heterocycles. The average molecular weight is 455 g/mol. The van der Waals surface area contributed by atoms with Crippen molar-refractivity contribution in [2.75, 3.05) is 38.2 Å². The van der Waals surface area contributed by atoms with E-state index in [4.69, 9.17) is 16.3 Å². The minimum atomic E-state index is -0.631. The average Bonchev–Trinajstić information content (AvgIpc) is 2.82. The summed E-state index contributed by atoms with van der Waals surface area (Å²) in [5.74, 6) is 0.373. The molecule has 0 aliphatic carbocycles. The van der Waals surface area contributed by atoms with Crippen molar-refractivity contribution in [3.8, 4) is 5.75 Å². The second-order valence-corrected chi connectivity index (χ2v) is 7.88. The van der Waals surface area contributed by atoms with Gasteiger partial charge >= 0.3 is 5.69 Å². The number of halogens is 1. The first-order chi connectivity index (χ1) is 15.5. The van der Waals surface area contributed by atoms with Crippen molar-refractivity contribution in [2.45, 2.75) is 6.54 Å². The Kier molecular flexibility index (Phi) is 6.32. The van der Waals surface area contributed by atoms with Crippen LogP contribution >= 0.6 is 11.6 Å². The zero-order valence-corrected chi connectivity index (χ0v) is 18.3. The number of ether oxygens (including phenoxy) is 1. The highest BCUT2D eigenvalue weighted by Crippen LogP contribution is 2.22. The molecule has 1 aliphatic heterocycles. The van der Waals surface area contributed by atoms with Crippen molar-refractivity contribution in [2.24, 2.45) is 0 Å². The van der Waals surface area contributed by atoms with E-state index in [0.29, 0.717) is 36.8 Å². The van der Waals surface area contributed by atoms with E-state index in [-0.39, 0.29) is 12.1 Å². The second kappa shape index (κ2) is 9.32. The monoisotopic (exact) mass is 454 g/mol. The number of anilines is 1. The van der Waals surface area contributed by atoms with Gasteiger partial charge in [0.25, 0.3) is 11.5 Å². The fourth-order valence-corrected chi connectivity index (χ4v) is 3.95. The smallest absolute Gasteiger partial charge is 0.328 e. The summed E-state index contributed by atoms with van der Waals surface area (Å²) in [4.78, 5) is 44.6. The first-order valence-electron chi connectivity index (χ1n) is 10.2. The maximum absolute atomic E-state index is 13.1. The first kappa shape index (κ1) is 21.7. The molecule has 2 heterocycles. The summed E-state index contributed by atoms with van der Waals surface area (Å²) in [5.41, 5.74) is 0.357. The van der Waals surface area contributed by atoms with Crippen molar-refractivity contribution in [3.63, 3.8) is 0 Å². The summed E-state index contributed by atoms with van der Waals surface area (Å²) < 4.78 is 6.28. The lowest BCUT2D eigenvalue weighted by Crippen LogP contribution is -2.50. The van der Waals surface area contributed by atoms with Crippen LogP contribution in [0.15, 0.2) is 64.3 Å². The first-order valence-corrected chi connectivity index (χ1v) is 10.6. The summed E-state index contributed by atoms with van der Waals surface area (Å²) in [6.07, 6.45) is 1.20. The fraction of sp³-hybridized carbons (Fsp3) is 0.261. The predicted octanol–water partition coefficient (Wildman–Crippen LogP) is 2.21. The number of H-pyrrole nitrogens is 1. The van der Waals surface area contributed by atoms with Crippen LogP contribution < -0.4 is 20.9 Å². The zero-order valence-electron chi connectivity index (χ0n) is 17.6. The van der Waals surface area contributed by atoms with Crippen LogP contribution in [0.2, 0.25) is 5.02 Å². The summed E-state index contributed by atoms with van der Waals surface area (Å²) in [5, 5.41) is 0.448. The van der Waals surface area contributed by atoms with Crippen molar-refractivity contribution in [1.29, 1.82) is 0 Å². The van der Waals surface area contributed by atoms with E-state index in [0.717, 1.165) is 16.0 Å². The van der Waals surface area contributed by atoms with Crippen molar-refractivity contribution in [3.05, 3.63) is 91.7 Å². The van der Waals surface area contributed by atoms with Crippen LogP contribution in [-0.4, -0.2) is 53.6 Å². The summed E-state index contributed by atoms with van der Waals surface area (Å²) in [6.45, 7) is 2.14. The van der Waals surface area contributed by atoms with Crippen molar-refractivity contribution >= 4 is 23.2 Å². The normalized spacial score (nSPS) is 13.8. The van der Waals surface area contributed by atoms with Gasteiger partial charge in [0.15, 0.2) is 0 Å². The second-order valence-electron chi connectivity index (χ2n) is 7.47. The molecule has 4 rings (SSSR count). The number of methoxy groups -OCH3 is 1. The van der Waals surface area contributed by atoms with Crippen LogP contribution in [0.1, 0.15) is 15.9 Å². The van der Waals surface area contributed by atoms with E-state index in [1.807, 2.05) is 24.3 Å². The van der Waals surface area contributed by atoms with Gasteiger partial charge in [-0.25, -0.2) is 4.79 Å². The SMILES string of the molecule is COc1cccc(N2CCN(C(=O)c3c[nH]c(=O)n(Cc4ccccc4Cl)c3=O)CC2)c1. The van der Waals surface area contributed by atoms with Gasteiger partial charge in [-0.1, -0.05) is 35.9 Å². The Morgan fingerprint density at radius 1 is 1.06 bits per heavy atom. The largest absolute Gasteiger partial charge is 0.497 e. The number of aromatic nitrogens is 2. The van der Waals surface area contributed by atoms with E-state index in [1.54, 1.807) is 36.3 Å². The van der Waals surface area contributed by atoms with Gasteiger partial charge in [0.05, 0.1) is 13.7 Å². The molecule has 0 radical (unpaired) electrons. The minimum absolute atomic E-state index is 0.0153. The Hall–Kier alpha value is -3.52. The maximum atomic E-state index is 13.1. The molecule has 0 spiro atoms. The molecular weight excluding hydrogens is 432 g/mol. The molecule has 9 heteroatoms. The lowest BCUT2D eigenvalue weighted by molar-refractivity contribution is 0.0743. The molecule has 3 aromatic rings.